The van der Waals surface area contributed by atoms with Gasteiger partial charge in [-0.1, -0.05) is 13.3 Å². The highest BCUT2D eigenvalue weighted by atomic mass is 16.5. The SMILES string of the molecule is CCCCN(C(=O)C1CNCCO1)C1CC1. The van der Waals surface area contributed by atoms with Crippen molar-refractivity contribution in [1.82, 2.24) is 10.2 Å². The first-order valence-corrected chi connectivity index (χ1v) is 6.45. The van der Waals surface area contributed by atoms with Gasteiger partial charge in [-0.15, -0.1) is 0 Å². The van der Waals surface area contributed by atoms with E-state index in [9.17, 15) is 4.79 Å². The minimum Gasteiger partial charge on any atom is -0.366 e. The Hall–Kier alpha value is -0.610. The Labute approximate surface area is 97.3 Å². The fourth-order valence-corrected chi connectivity index (χ4v) is 2.10. The Bertz CT molecular complexity index is 235. The lowest BCUT2D eigenvalue weighted by Crippen LogP contribution is -2.50. The lowest BCUT2D eigenvalue weighted by Gasteiger charge is -2.29. The van der Waals surface area contributed by atoms with Crippen LogP contribution in [-0.4, -0.2) is 49.2 Å². The maximum Gasteiger partial charge on any atom is 0.253 e. The molecule has 0 bridgehead atoms. The molecule has 2 fully saturated rings. The Balaban J connectivity index is 1.87. The van der Waals surface area contributed by atoms with E-state index in [1.165, 1.54) is 12.8 Å². The highest BCUT2D eigenvalue weighted by Gasteiger charge is 2.36. The summed E-state index contributed by atoms with van der Waals surface area (Å²) in [5, 5.41) is 3.21. The Morgan fingerprint density at radius 1 is 1.50 bits per heavy atom. The third-order valence-corrected chi connectivity index (χ3v) is 3.23. The van der Waals surface area contributed by atoms with Crippen LogP contribution in [0.5, 0.6) is 0 Å². The van der Waals surface area contributed by atoms with Gasteiger partial charge in [0.05, 0.1) is 6.61 Å². The van der Waals surface area contributed by atoms with Gasteiger partial charge in [-0.05, 0) is 19.3 Å². The summed E-state index contributed by atoms with van der Waals surface area (Å²) in [6, 6.07) is 0.504. The topological polar surface area (TPSA) is 41.6 Å². The molecule has 1 aliphatic heterocycles. The van der Waals surface area contributed by atoms with E-state index < -0.39 is 0 Å². The van der Waals surface area contributed by atoms with Gasteiger partial charge in [-0.3, -0.25) is 4.79 Å². The van der Waals surface area contributed by atoms with Crippen LogP contribution in [0, 0.1) is 0 Å². The molecule has 4 nitrogen and oxygen atoms in total. The number of rotatable bonds is 5. The molecule has 0 radical (unpaired) electrons. The van der Waals surface area contributed by atoms with Gasteiger partial charge in [0.2, 0.25) is 0 Å². The molecule has 1 atom stereocenters. The first kappa shape index (κ1) is 11.9. The number of nitrogens with one attached hydrogen (secondary N) is 1. The van der Waals surface area contributed by atoms with Crippen molar-refractivity contribution < 1.29 is 9.53 Å². The lowest BCUT2D eigenvalue weighted by atomic mass is 10.2. The molecule has 1 heterocycles. The molecule has 1 N–H and O–H groups in total. The Kier molecular flexibility index (Phi) is 4.18. The average Bonchev–Trinajstić information content (AvgIpc) is 3.15. The van der Waals surface area contributed by atoms with Gasteiger partial charge in [0, 0.05) is 25.7 Å². The number of ether oxygens (including phenoxy) is 1. The van der Waals surface area contributed by atoms with E-state index in [4.69, 9.17) is 4.74 Å². The van der Waals surface area contributed by atoms with Crippen LogP contribution < -0.4 is 5.32 Å². The predicted molar refractivity (Wildman–Crippen MR) is 62.3 cm³/mol. The maximum absolute atomic E-state index is 12.2. The number of hydrogen-bond donors (Lipinski definition) is 1. The largest absolute Gasteiger partial charge is 0.366 e. The zero-order valence-electron chi connectivity index (χ0n) is 10.1. The summed E-state index contributed by atoms with van der Waals surface area (Å²) in [5.41, 5.74) is 0. The maximum atomic E-state index is 12.2. The standard InChI is InChI=1S/C12H22N2O2/c1-2-3-7-14(10-4-5-10)12(15)11-9-13-6-8-16-11/h10-11,13H,2-9H2,1H3. The zero-order chi connectivity index (χ0) is 11.4. The molecule has 92 valence electrons. The second-order valence-electron chi connectivity index (χ2n) is 4.68. The van der Waals surface area contributed by atoms with Gasteiger partial charge in [0.25, 0.3) is 5.91 Å². The Morgan fingerprint density at radius 2 is 2.31 bits per heavy atom. The Morgan fingerprint density at radius 3 is 2.88 bits per heavy atom. The molecule has 2 rings (SSSR count). The molecule has 0 aromatic rings. The molecule has 1 unspecified atom stereocenters. The number of carbonyl (C=O) groups excluding carboxylic acids is 1. The van der Waals surface area contributed by atoms with Crippen molar-refractivity contribution in [3.05, 3.63) is 0 Å². The van der Waals surface area contributed by atoms with Crippen molar-refractivity contribution >= 4 is 5.91 Å². The van der Waals surface area contributed by atoms with Gasteiger partial charge >= 0.3 is 0 Å². The van der Waals surface area contributed by atoms with Crippen molar-refractivity contribution in [3.8, 4) is 0 Å². The van der Waals surface area contributed by atoms with Crippen LogP contribution >= 0.6 is 0 Å². The van der Waals surface area contributed by atoms with Gasteiger partial charge in [0.15, 0.2) is 0 Å². The first-order valence-electron chi connectivity index (χ1n) is 6.45. The van der Waals surface area contributed by atoms with Gasteiger partial charge in [-0.25, -0.2) is 0 Å². The molecule has 1 amide bonds. The molecule has 1 saturated heterocycles. The van der Waals surface area contributed by atoms with Gasteiger partial charge < -0.3 is 15.0 Å². The van der Waals surface area contributed by atoms with Crippen molar-refractivity contribution in [2.45, 2.75) is 44.8 Å². The first-order chi connectivity index (χ1) is 7.83. The van der Waals surface area contributed by atoms with E-state index >= 15 is 0 Å². The van der Waals surface area contributed by atoms with E-state index in [-0.39, 0.29) is 12.0 Å². The van der Waals surface area contributed by atoms with Crippen LogP contribution in [0.2, 0.25) is 0 Å². The molecular formula is C12H22N2O2. The molecule has 4 heteroatoms. The molecular weight excluding hydrogens is 204 g/mol. The van der Waals surface area contributed by atoms with Crippen LogP contribution in [0.15, 0.2) is 0 Å². The number of amides is 1. The molecule has 0 aromatic carbocycles. The van der Waals surface area contributed by atoms with Crippen molar-refractivity contribution in [2.24, 2.45) is 0 Å². The van der Waals surface area contributed by atoms with E-state index in [1.807, 2.05) is 4.90 Å². The molecule has 2 aliphatic rings. The smallest absolute Gasteiger partial charge is 0.253 e. The summed E-state index contributed by atoms with van der Waals surface area (Å²) >= 11 is 0. The van der Waals surface area contributed by atoms with E-state index in [1.54, 1.807) is 0 Å². The summed E-state index contributed by atoms with van der Waals surface area (Å²) < 4.78 is 5.52. The summed E-state index contributed by atoms with van der Waals surface area (Å²) in [7, 11) is 0. The third-order valence-electron chi connectivity index (χ3n) is 3.23. The highest BCUT2D eigenvalue weighted by molar-refractivity contribution is 5.82. The van der Waals surface area contributed by atoms with Crippen LogP contribution in [0.3, 0.4) is 0 Å². The van der Waals surface area contributed by atoms with Crippen molar-refractivity contribution in [3.63, 3.8) is 0 Å². The fraction of sp³-hybridized carbons (Fsp3) is 0.917. The number of morpholine rings is 1. The number of carbonyl (C=O) groups is 1. The van der Waals surface area contributed by atoms with Crippen LogP contribution in [0.1, 0.15) is 32.6 Å². The monoisotopic (exact) mass is 226 g/mol. The van der Waals surface area contributed by atoms with E-state index in [2.05, 4.69) is 12.2 Å². The molecule has 1 aliphatic carbocycles. The van der Waals surface area contributed by atoms with E-state index in [0.29, 0.717) is 19.2 Å². The summed E-state index contributed by atoms with van der Waals surface area (Å²) in [4.78, 5) is 14.3. The minimum absolute atomic E-state index is 0.197. The average molecular weight is 226 g/mol. The number of hydrogen-bond acceptors (Lipinski definition) is 3. The second-order valence-corrected chi connectivity index (χ2v) is 4.68. The van der Waals surface area contributed by atoms with Crippen molar-refractivity contribution in [2.75, 3.05) is 26.2 Å². The minimum atomic E-state index is -0.244. The molecule has 0 aromatic heterocycles. The van der Waals surface area contributed by atoms with Crippen LogP contribution in [0.4, 0.5) is 0 Å². The molecule has 1 saturated carbocycles. The second kappa shape index (κ2) is 5.64. The summed E-state index contributed by atoms with van der Waals surface area (Å²) in [6.45, 7) is 5.26. The van der Waals surface area contributed by atoms with Crippen molar-refractivity contribution in [1.29, 1.82) is 0 Å². The van der Waals surface area contributed by atoms with Crippen LogP contribution in [-0.2, 0) is 9.53 Å². The quantitative estimate of drug-likeness (QED) is 0.752. The van der Waals surface area contributed by atoms with Gasteiger partial charge in [0.1, 0.15) is 6.10 Å². The third kappa shape index (κ3) is 2.95. The lowest BCUT2D eigenvalue weighted by molar-refractivity contribution is -0.145. The molecule has 16 heavy (non-hydrogen) atoms. The summed E-state index contributed by atoms with van der Waals surface area (Å²) in [5.74, 6) is 0.197. The van der Waals surface area contributed by atoms with E-state index in [0.717, 1.165) is 25.9 Å². The fourth-order valence-electron chi connectivity index (χ4n) is 2.10. The van der Waals surface area contributed by atoms with Crippen LogP contribution in [0.25, 0.3) is 0 Å². The normalized spacial score (nSPS) is 25.4. The number of nitrogens with zero attached hydrogens (tertiary/aromatic N) is 1. The van der Waals surface area contributed by atoms with Gasteiger partial charge in [-0.2, -0.15) is 0 Å². The highest BCUT2D eigenvalue weighted by Crippen LogP contribution is 2.28. The number of unbranched alkanes of at least 4 members (excludes halogenated alkanes) is 1. The molecule has 0 spiro atoms. The summed E-state index contributed by atoms with van der Waals surface area (Å²) in [6.07, 6.45) is 4.35. The zero-order valence-corrected chi connectivity index (χ0v) is 10.1. The predicted octanol–water partition coefficient (Wildman–Crippen LogP) is 0.766.